The highest BCUT2D eigenvalue weighted by molar-refractivity contribution is 7.92. The molecular formula is C18H17N7O2S. The zero-order valence-corrected chi connectivity index (χ0v) is 15.9. The van der Waals surface area contributed by atoms with Crippen molar-refractivity contribution >= 4 is 27.0 Å². The van der Waals surface area contributed by atoms with Gasteiger partial charge >= 0.3 is 0 Å². The number of anilines is 2. The summed E-state index contributed by atoms with van der Waals surface area (Å²) in [7, 11) is -3.72. The van der Waals surface area contributed by atoms with E-state index in [-0.39, 0.29) is 16.3 Å². The van der Waals surface area contributed by atoms with Crippen molar-refractivity contribution in [3.63, 3.8) is 0 Å². The first-order chi connectivity index (χ1) is 13.4. The molecule has 0 bridgehead atoms. The fourth-order valence-electron chi connectivity index (χ4n) is 2.36. The average molecular weight is 395 g/mol. The van der Waals surface area contributed by atoms with Crippen LogP contribution in [0, 0.1) is 25.2 Å². The standard InChI is InChI=1S/C18H17N7O2S/c1-12-3-4-13(2)17(9-12)23-28(26,27)16-7-5-15(6-8-16)20-11-14(10-19)18-21-24-25-22-18/h3-9,11,20,23H,1-2H3,(H,21,22,24,25). The van der Waals surface area contributed by atoms with Gasteiger partial charge in [0.15, 0.2) is 0 Å². The molecule has 9 nitrogen and oxygen atoms in total. The van der Waals surface area contributed by atoms with E-state index in [0.717, 1.165) is 11.1 Å². The second-order valence-electron chi connectivity index (χ2n) is 6.00. The second kappa shape index (κ2) is 7.89. The second-order valence-corrected chi connectivity index (χ2v) is 7.68. The third kappa shape index (κ3) is 4.33. The van der Waals surface area contributed by atoms with Gasteiger partial charge in [0.1, 0.15) is 11.6 Å². The molecule has 2 aromatic carbocycles. The normalized spacial score (nSPS) is 11.7. The molecular weight excluding hydrogens is 378 g/mol. The lowest BCUT2D eigenvalue weighted by Crippen LogP contribution is -2.13. The quantitative estimate of drug-likeness (QED) is 0.546. The lowest BCUT2D eigenvalue weighted by atomic mass is 10.1. The number of tetrazole rings is 1. The Hall–Kier alpha value is -3.71. The Labute approximate surface area is 162 Å². The number of aryl methyl sites for hydroxylation is 2. The van der Waals surface area contributed by atoms with Crippen LogP contribution in [0.2, 0.25) is 0 Å². The molecule has 142 valence electrons. The molecule has 3 rings (SSSR count). The van der Waals surface area contributed by atoms with Crippen LogP contribution in [0.3, 0.4) is 0 Å². The number of aromatic nitrogens is 4. The van der Waals surface area contributed by atoms with Crippen molar-refractivity contribution < 1.29 is 8.42 Å². The number of rotatable bonds is 6. The van der Waals surface area contributed by atoms with Crippen molar-refractivity contribution in [1.82, 2.24) is 20.6 Å². The summed E-state index contributed by atoms with van der Waals surface area (Å²) in [4.78, 5) is 0.126. The smallest absolute Gasteiger partial charge is 0.261 e. The number of allylic oxidation sites excluding steroid dienone is 1. The summed E-state index contributed by atoms with van der Waals surface area (Å²) < 4.78 is 27.9. The molecule has 0 unspecified atom stereocenters. The van der Waals surface area contributed by atoms with Crippen LogP contribution in [0.5, 0.6) is 0 Å². The number of hydrogen-bond acceptors (Lipinski definition) is 7. The van der Waals surface area contributed by atoms with Gasteiger partial charge in [-0.2, -0.15) is 10.5 Å². The van der Waals surface area contributed by atoms with E-state index in [0.29, 0.717) is 11.4 Å². The zero-order chi connectivity index (χ0) is 20.1. The molecule has 0 atom stereocenters. The molecule has 28 heavy (non-hydrogen) atoms. The van der Waals surface area contributed by atoms with Gasteiger partial charge in [-0.3, -0.25) is 4.72 Å². The lowest BCUT2D eigenvalue weighted by Gasteiger charge is -2.12. The number of benzene rings is 2. The summed E-state index contributed by atoms with van der Waals surface area (Å²) in [6, 6.07) is 13.7. The minimum Gasteiger partial charge on any atom is -0.360 e. The van der Waals surface area contributed by atoms with E-state index in [2.05, 4.69) is 30.7 Å². The van der Waals surface area contributed by atoms with Crippen LogP contribution in [0.4, 0.5) is 11.4 Å². The molecule has 3 N–H and O–H groups in total. The van der Waals surface area contributed by atoms with Gasteiger partial charge in [0.05, 0.1) is 10.6 Å². The van der Waals surface area contributed by atoms with Gasteiger partial charge in [-0.1, -0.05) is 12.1 Å². The van der Waals surface area contributed by atoms with Gasteiger partial charge in [-0.15, -0.1) is 10.2 Å². The minimum atomic E-state index is -3.72. The van der Waals surface area contributed by atoms with E-state index in [1.165, 1.54) is 18.3 Å². The predicted octanol–water partition coefficient (Wildman–Crippen LogP) is 2.59. The SMILES string of the molecule is Cc1ccc(C)c(NS(=O)(=O)c2ccc(NC=C(C#N)c3nn[nH]n3)cc2)c1. The molecule has 1 heterocycles. The number of sulfonamides is 1. The van der Waals surface area contributed by atoms with Crippen LogP contribution < -0.4 is 10.0 Å². The molecule has 0 radical (unpaired) electrons. The molecule has 1 aromatic heterocycles. The number of aromatic amines is 1. The maximum atomic E-state index is 12.6. The van der Waals surface area contributed by atoms with E-state index >= 15 is 0 Å². The molecule has 0 fully saturated rings. The number of nitrogens with zero attached hydrogens (tertiary/aromatic N) is 4. The fraction of sp³-hybridized carbons (Fsp3) is 0.111. The number of hydrogen-bond donors (Lipinski definition) is 3. The van der Waals surface area contributed by atoms with Gasteiger partial charge in [0, 0.05) is 11.9 Å². The van der Waals surface area contributed by atoms with Gasteiger partial charge in [-0.25, -0.2) is 8.42 Å². The van der Waals surface area contributed by atoms with E-state index in [1.807, 2.05) is 32.0 Å². The molecule has 3 aromatic rings. The van der Waals surface area contributed by atoms with Crippen molar-refractivity contribution in [1.29, 1.82) is 5.26 Å². The molecule has 10 heteroatoms. The highest BCUT2D eigenvalue weighted by atomic mass is 32.2. The van der Waals surface area contributed by atoms with Crippen molar-refractivity contribution in [2.45, 2.75) is 18.7 Å². The monoisotopic (exact) mass is 395 g/mol. The first-order valence-electron chi connectivity index (χ1n) is 8.20. The van der Waals surface area contributed by atoms with Crippen LogP contribution in [0.15, 0.2) is 53.6 Å². The highest BCUT2D eigenvalue weighted by Crippen LogP contribution is 2.22. The summed E-state index contributed by atoms with van der Waals surface area (Å²) in [6.07, 6.45) is 1.42. The third-order valence-electron chi connectivity index (χ3n) is 3.89. The Morgan fingerprint density at radius 1 is 1.18 bits per heavy atom. The van der Waals surface area contributed by atoms with E-state index in [1.54, 1.807) is 18.2 Å². The number of nitrogens with one attached hydrogen (secondary N) is 3. The third-order valence-corrected chi connectivity index (χ3v) is 5.27. The summed E-state index contributed by atoms with van der Waals surface area (Å²) in [5, 5.41) is 25.2. The summed E-state index contributed by atoms with van der Waals surface area (Å²) in [5.74, 6) is 0.159. The highest BCUT2D eigenvalue weighted by Gasteiger charge is 2.15. The van der Waals surface area contributed by atoms with Crippen molar-refractivity contribution in [3.05, 3.63) is 65.6 Å². The summed E-state index contributed by atoms with van der Waals surface area (Å²) in [6.45, 7) is 3.74. The van der Waals surface area contributed by atoms with Crippen molar-refractivity contribution in [2.75, 3.05) is 10.0 Å². The average Bonchev–Trinajstić information content (AvgIpc) is 3.20. The predicted molar refractivity (Wildman–Crippen MR) is 105 cm³/mol. The molecule has 0 saturated heterocycles. The Morgan fingerprint density at radius 2 is 1.93 bits per heavy atom. The fourth-order valence-corrected chi connectivity index (χ4v) is 3.48. The number of H-pyrrole nitrogens is 1. The Morgan fingerprint density at radius 3 is 2.57 bits per heavy atom. The van der Waals surface area contributed by atoms with Crippen LogP contribution >= 0.6 is 0 Å². The Balaban J connectivity index is 1.76. The van der Waals surface area contributed by atoms with Crippen LogP contribution in [-0.4, -0.2) is 29.0 Å². The van der Waals surface area contributed by atoms with Crippen molar-refractivity contribution in [3.8, 4) is 6.07 Å². The lowest BCUT2D eigenvalue weighted by molar-refractivity contribution is 0.601. The van der Waals surface area contributed by atoms with Crippen molar-refractivity contribution in [2.24, 2.45) is 0 Å². The maximum absolute atomic E-state index is 12.6. The summed E-state index contributed by atoms with van der Waals surface area (Å²) >= 11 is 0. The van der Waals surface area contributed by atoms with E-state index in [4.69, 9.17) is 5.26 Å². The van der Waals surface area contributed by atoms with Gasteiger partial charge in [0.25, 0.3) is 10.0 Å². The largest absolute Gasteiger partial charge is 0.360 e. The van der Waals surface area contributed by atoms with E-state index < -0.39 is 10.0 Å². The van der Waals surface area contributed by atoms with Gasteiger partial charge < -0.3 is 5.32 Å². The zero-order valence-electron chi connectivity index (χ0n) is 15.1. The number of nitriles is 1. The Bertz CT molecular complexity index is 1150. The molecule has 0 amide bonds. The van der Waals surface area contributed by atoms with E-state index in [9.17, 15) is 8.42 Å². The van der Waals surface area contributed by atoms with Gasteiger partial charge in [0.2, 0.25) is 5.82 Å². The minimum absolute atomic E-state index is 0.126. The van der Waals surface area contributed by atoms with Crippen LogP contribution in [-0.2, 0) is 10.0 Å². The van der Waals surface area contributed by atoms with Crippen LogP contribution in [0.1, 0.15) is 17.0 Å². The molecule has 0 aliphatic rings. The topological polar surface area (TPSA) is 136 Å². The molecule has 0 spiro atoms. The molecule has 0 aliphatic heterocycles. The molecule has 0 saturated carbocycles. The maximum Gasteiger partial charge on any atom is 0.261 e. The molecule has 0 aliphatic carbocycles. The first-order valence-corrected chi connectivity index (χ1v) is 9.68. The summed E-state index contributed by atoms with van der Waals surface area (Å²) in [5.41, 5.74) is 3.13. The van der Waals surface area contributed by atoms with Crippen LogP contribution in [0.25, 0.3) is 5.57 Å². The van der Waals surface area contributed by atoms with Gasteiger partial charge in [-0.05, 0) is 60.5 Å². The first kappa shape index (κ1) is 19.1. The Kier molecular flexibility index (Phi) is 5.37.